The summed E-state index contributed by atoms with van der Waals surface area (Å²) in [6.07, 6.45) is 0. The topological polar surface area (TPSA) is 103 Å². The van der Waals surface area contributed by atoms with Crippen LogP contribution in [0.4, 0.5) is 0 Å². The summed E-state index contributed by atoms with van der Waals surface area (Å²) in [4.78, 5) is 23.0. The van der Waals surface area contributed by atoms with E-state index in [-0.39, 0.29) is 22.0 Å². The van der Waals surface area contributed by atoms with Crippen molar-refractivity contribution in [1.29, 1.82) is 0 Å². The highest BCUT2D eigenvalue weighted by atomic mass is 32.2. The predicted molar refractivity (Wildman–Crippen MR) is 65.2 cm³/mol. The van der Waals surface area contributed by atoms with Gasteiger partial charge in [0.1, 0.15) is 5.69 Å². The molecule has 8 heteroatoms. The van der Waals surface area contributed by atoms with Gasteiger partial charge in [0.25, 0.3) is 5.56 Å². The number of amides is 1. The molecule has 1 atom stereocenters. The lowest BCUT2D eigenvalue weighted by molar-refractivity contribution is -0.120. The largest absolute Gasteiger partial charge is 0.355 e. The second kappa shape index (κ2) is 5.67. The third kappa shape index (κ3) is 3.19. The number of nitrogens with two attached hydrogens (primary N) is 1. The second-order valence-electron chi connectivity index (χ2n) is 3.40. The van der Waals surface area contributed by atoms with Crippen molar-refractivity contribution in [3.05, 3.63) is 16.0 Å². The molecule has 0 spiro atoms. The first-order valence-corrected chi connectivity index (χ1v) is 6.01. The van der Waals surface area contributed by atoms with Crippen molar-refractivity contribution in [3.8, 4) is 0 Å². The molecule has 0 bridgehead atoms. The van der Waals surface area contributed by atoms with Crippen molar-refractivity contribution in [2.45, 2.75) is 31.2 Å². The van der Waals surface area contributed by atoms with Crippen molar-refractivity contribution in [2.75, 3.05) is 12.4 Å². The summed E-state index contributed by atoms with van der Waals surface area (Å²) >= 11 is 1.09. The number of hydrogen-bond donors (Lipinski definition) is 2. The van der Waals surface area contributed by atoms with E-state index in [1.165, 1.54) is 6.92 Å². The number of thioether (sulfide) groups is 1. The van der Waals surface area contributed by atoms with E-state index >= 15 is 0 Å². The van der Waals surface area contributed by atoms with Crippen LogP contribution < -0.4 is 16.7 Å². The lowest BCUT2D eigenvalue weighted by atomic mass is 10.4. The van der Waals surface area contributed by atoms with Crippen LogP contribution in [0, 0.1) is 6.92 Å². The van der Waals surface area contributed by atoms with E-state index in [0.717, 1.165) is 16.4 Å². The molecule has 94 valence electrons. The quantitative estimate of drug-likeness (QED) is 0.545. The maximum atomic E-state index is 11.5. The average molecular weight is 257 g/mol. The van der Waals surface area contributed by atoms with Gasteiger partial charge in [-0.1, -0.05) is 11.8 Å². The van der Waals surface area contributed by atoms with Gasteiger partial charge in [-0.25, -0.2) is 0 Å². The highest BCUT2D eigenvalue weighted by molar-refractivity contribution is 8.00. The Kier molecular flexibility index (Phi) is 4.50. The number of aromatic nitrogens is 3. The lowest BCUT2D eigenvalue weighted by Gasteiger charge is -2.11. The van der Waals surface area contributed by atoms with Gasteiger partial charge >= 0.3 is 0 Å². The van der Waals surface area contributed by atoms with Gasteiger partial charge in [-0.2, -0.15) is 4.68 Å². The van der Waals surface area contributed by atoms with Crippen LogP contribution in [-0.4, -0.2) is 32.6 Å². The zero-order valence-electron chi connectivity index (χ0n) is 9.93. The Morgan fingerprint density at radius 3 is 2.82 bits per heavy atom. The Labute approximate surface area is 103 Å². The highest BCUT2D eigenvalue weighted by Gasteiger charge is 2.17. The normalized spacial score (nSPS) is 12.2. The minimum atomic E-state index is -0.411. The predicted octanol–water partition coefficient (Wildman–Crippen LogP) is -0.723. The second-order valence-corrected chi connectivity index (χ2v) is 4.71. The third-order valence-corrected chi connectivity index (χ3v) is 3.08. The van der Waals surface area contributed by atoms with E-state index in [1.807, 2.05) is 6.92 Å². The zero-order valence-corrected chi connectivity index (χ0v) is 10.7. The first-order valence-electron chi connectivity index (χ1n) is 5.13. The summed E-state index contributed by atoms with van der Waals surface area (Å²) in [6.45, 7) is 5.63. The van der Waals surface area contributed by atoms with Gasteiger partial charge in [0.05, 0.1) is 5.25 Å². The Morgan fingerprint density at radius 2 is 2.24 bits per heavy atom. The Balaban J connectivity index is 2.86. The maximum Gasteiger partial charge on any atom is 0.294 e. The highest BCUT2D eigenvalue weighted by Crippen LogP contribution is 2.18. The van der Waals surface area contributed by atoms with Gasteiger partial charge in [-0.05, 0) is 20.8 Å². The molecule has 3 N–H and O–H groups in total. The summed E-state index contributed by atoms with van der Waals surface area (Å²) in [7, 11) is 0. The fourth-order valence-corrected chi connectivity index (χ4v) is 1.87. The van der Waals surface area contributed by atoms with Crippen LogP contribution in [0.15, 0.2) is 9.95 Å². The van der Waals surface area contributed by atoms with E-state index in [2.05, 4.69) is 15.5 Å². The third-order valence-electron chi connectivity index (χ3n) is 2.02. The molecule has 0 aliphatic heterocycles. The summed E-state index contributed by atoms with van der Waals surface area (Å²) in [5.74, 6) is 5.42. The van der Waals surface area contributed by atoms with Gasteiger partial charge < -0.3 is 11.2 Å². The number of nitrogens with zero attached hydrogens (tertiary/aromatic N) is 3. The van der Waals surface area contributed by atoms with E-state index in [4.69, 9.17) is 5.84 Å². The molecule has 0 aliphatic rings. The average Bonchev–Trinajstić information content (AvgIpc) is 2.30. The van der Waals surface area contributed by atoms with Crippen LogP contribution in [0.3, 0.4) is 0 Å². The minimum absolute atomic E-state index is 0.132. The molecule has 1 amide bonds. The van der Waals surface area contributed by atoms with Crippen molar-refractivity contribution >= 4 is 17.7 Å². The Morgan fingerprint density at radius 1 is 1.59 bits per heavy atom. The molecule has 0 aliphatic carbocycles. The molecule has 17 heavy (non-hydrogen) atoms. The van der Waals surface area contributed by atoms with Crippen molar-refractivity contribution in [1.82, 2.24) is 20.2 Å². The van der Waals surface area contributed by atoms with E-state index < -0.39 is 5.56 Å². The summed E-state index contributed by atoms with van der Waals surface area (Å²) < 4.78 is 0.905. The van der Waals surface area contributed by atoms with Crippen LogP contribution in [0.1, 0.15) is 19.5 Å². The number of carbonyl (C=O) groups excluding carboxylic acids is 1. The van der Waals surface area contributed by atoms with Crippen molar-refractivity contribution in [3.63, 3.8) is 0 Å². The molecule has 0 saturated heterocycles. The number of carbonyl (C=O) groups is 1. The Bertz CT molecular complexity index is 473. The van der Waals surface area contributed by atoms with Crippen molar-refractivity contribution in [2.24, 2.45) is 0 Å². The van der Waals surface area contributed by atoms with E-state index in [9.17, 15) is 9.59 Å². The molecule has 0 saturated carbocycles. The van der Waals surface area contributed by atoms with Gasteiger partial charge in [-0.3, -0.25) is 9.59 Å². The summed E-state index contributed by atoms with van der Waals surface area (Å²) in [6, 6.07) is 0. The molecule has 0 unspecified atom stereocenters. The Hall–Kier alpha value is -1.57. The van der Waals surface area contributed by atoms with Crippen LogP contribution in [0.2, 0.25) is 0 Å². The molecule has 1 heterocycles. The molecular formula is C9H15N5O2S. The number of nitrogens with one attached hydrogen (secondary N) is 1. The fourth-order valence-electron chi connectivity index (χ4n) is 1.08. The lowest BCUT2D eigenvalue weighted by Crippen LogP contribution is -2.35. The van der Waals surface area contributed by atoms with E-state index in [0.29, 0.717) is 6.54 Å². The summed E-state index contributed by atoms with van der Waals surface area (Å²) in [5, 5.41) is 9.98. The van der Waals surface area contributed by atoms with Gasteiger partial charge in [-0.15, -0.1) is 10.2 Å². The molecule has 7 nitrogen and oxygen atoms in total. The van der Waals surface area contributed by atoms with Crippen LogP contribution in [-0.2, 0) is 4.79 Å². The molecule has 1 aromatic rings. The molecule has 0 aromatic carbocycles. The van der Waals surface area contributed by atoms with Crippen LogP contribution >= 0.6 is 11.8 Å². The standard InChI is InChI=1S/C9H15N5O2S/c1-4-11-7(15)6(3)17-9-13-12-5(2)8(16)14(9)10/h6H,4,10H2,1-3H3,(H,11,15)/t6-/m1/s1. The number of aryl methyl sites for hydroxylation is 1. The smallest absolute Gasteiger partial charge is 0.294 e. The maximum absolute atomic E-state index is 11.5. The van der Waals surface area contributed by atoms with Gasteiger partial charge in [0.2, 0.25) is 11.1 Å². The molecular weight excluding hydrogens is 242 g/mol. The van der Waals surface area contributed by atoms with Crippen molar-refractivity contribution < 1.29 is 4.79 Å². The molecule has 1 rings (SSSR count). The SMILES string of the molecule is CCNC(=O)[C@@H](C)Sc1nnc(C)c(=O)n1N. The van der Waals surface area contributed by atoms with Gasteiger partial charge in [0.15, 0.2) is 0 Å². The van der Waals surface area contributed by atoms with Crippen LogP contribution in [0.5, 0.6) is 0 Å². The van der Waals surface area contributed by atoms with Crippen LogP contribution in [0.25, 0.3) is 0 Å². The molecule has 0 fully saturated rings. The monoisotopic (exact) mass is 257 g/mol. The number of rotatable bonds is 4. The number of hydrogen-bond acceptors (Lipinski definition) is 6. The van der Waals surface area contributed by atoms with Gasteiger partial charge in [0, 0.05) is 6.54 Å². The molecule has 1 aromatic heterocycles. The van der Waals surface area contributed by atoms with E-state index in [1.54, 1.807) is 6.92 Å². The first kappa shape index (κ1) is 13.5. The molecule has 0 radical (unpaired) electrons. The fraction of sp³-hybridized carbons (Fsp3) is 0.556. The zero-order chi connectivity index (χ0) is 13.0. The minimum Gasteiger partial charge on any atom is -0.355 e. The number of nitrogen functional groups attached to an aromatic ring is 1. The first-order chi connectivity index (χ1) is 7.97. The summed E-state index contributed by atoms with van der Waals surface area (Å²) in [5.41, 5.74) is -0.187.